The number of rotatable bonds is 5. The lowest BCUT2D eigenvalue weighted by molar-refractivity contribution is -0.141. The van der Waals surface area contributed by atoms with E-state index < -0.39 is 17.9 Å². The van der Waals surface area contributed by atoms with Gasteiger partial charge >= 0.3 is 12.2 Å². The molecule has 0 radical (unpaired) electrons. The predicted molar refractivity (Wildman–Crippen MR) is 58.8 cm³/mol. The Hall–Kier alpha value is -1.99. The van der Waals surface area contributed by atoms with Gasteiger partial charge in [-0.25, -0.2) is 4.79 Å². The highest BCUT2D eigenvalue weighted by molar-refractivity contribution is 5.73. The van der Waals surface area contributed by atoms with Gasteiger partial charge < -0.3 is 10.6 Å². The topological polar surface area (TPSA) is 59.0 Å². The van der Waals surface area contributed by atoms with E-state index in [1.165, 1.54) is 12.3 Å². The monoisotopic (exact) mass is 262 g/mol. The number of amides is 2. The van der Waals surface area contributed by atoms with Crippen LogP contribution in [0, 0.1) is 0 Å². The number of hydrogen-bond acceptors (Lipinski definition) is 2. The highest BCUT2D eigenvalue weighted by Gasteiger charge is 2.33. The zero-order valence-electron chi connectivity index (χ0n) is 9.50. The molecule has 0 aliphatic carbocycles. The number of nitrogens with one attached hydrogen (secondary N) is 2. The van der Waals surface area contributed by atoms with Crippen LogP contribution in [0.5, 0.6) is 0 Å². The molecule has 0 spiro atoms. The second-order valence-electron chi connectivity index (χ2n) is 3.39. The van der Waals surface area contributed by atoms with Crippen molar-refractivity contribution < 1.29 is 18.0 Å². The zero-order valence-corrected chi connectivity index (χ0v) is 9.50. The van der Waals surface area contributed by atoms with Crippen LogP contribution in [0.25, 0.3) is 0 Å². The van der Waals surface area contributed by atoms with Gasteiger partial charge in [-0.05, 0) is 6.07 Å². The fraction of sp³-hybridized carbons (Fsp3) is 0.400. The van der Waals surface area contributed by atoms with Crippen molar-refractivity contribution in [3.63, 3.8) is 0 Å². The molecule has 2 amide bonds. The van der Waals surface area contributed by atoms with Crippen molar-refractivity contribution in [3.05, 3.63) is 30.6 Å². The van der Waals surface area contributed by atoms with Gasteiger partial charge in [0.25, 0.3) is 0 Å². The zero-order chi connectivity index (χ0) is 13.6. The average molecular weight is 262 g/mol. The Morgan fingerprint density at radius 3 is 2.78 bits per heavy atom. The van der Waals surface area contributed by atoms with Gasteiger partial charge in [-0.1, -0.05) is 6.08 Å². The van der Waals surface area contributed by atoms with E-state index in [1.807, 2.05) is 0 Å². The summed E-state index contributed by atoms with van der Waals surface area (Å²) in [4.78, 5) is 11.1. The van der Waals surface area contributed by atoms with E-state index in [4.69, 9.17) is 0 Å². The van der Waals surface area contributed by atoms with Crippen molar-refractivity contribution in [2.24, 2.45) is 0 Å². The van der Waals surface area contributed by atoms with Gasteiger partial charge in [0.1, 0.15) is 0 Å². The molecule has 1 rings (SSSR count). The second kappa shape index (κ2) is 6.08. The number of carbonyl (C=O) groups is 1. The molecule has 2 N–H and O–H groups in total. The first-order valence-corrected chi connectivity index (χ1v) is 5.16. The molecule has 0 aromatic carbocycles. The van der Waals surface area contributed by atoms with Crippen molar-refractivity contribution in [2.75, 3.05) is 13.1 Å². The van der Waals surface area contributed by atoms with E-state index in [1.54, 1.807) is 0 Å². The summed E-state index contributed by atoms with van der Waals surface area (Å²) in [6.45, 7) is 4.10. The van der Waals surface area contributed by atoms with E-state index in [9.17, 15) is 18.0 Å². The quantitative estimate of drug-likeness (QED) is 0.788. The molecule has 1 heterocycles. The smallest absolute Gasteiger partial charge is 0.336 e. The maximum atomic E-state index is 12.2. The van der Waals surface area contributed by atoms with Gasteiger partial charge in [0.2, 0.25) is 0 Å². The molecule has 0 aliphatic rings. The van der Waals surface area contributed by atoms with Crippen LogP contribution in [0.1, 0.15) is 5.69 Å². The van der Waals surface area contributed by atoms with Gasteiger partial charge in [0.15, 0.2) is 5.69 Å². The summed E-state index contributed by atoms with van der Waals surface area (Å²) in [5.74, 6) is 0. The third-order valence-corrected chi connectivity index (χ3v) is 1.96. The van der Waals surface area contributed by atoms with Crippen LogP contribution in [-0.4, -0.2) is 28.9 Å². The molecule has 0 atom stereocenters. The maximum Gasteiger partial charge on any atom is 0.435 e. The van der Waals surface area contributed by atoms with Crippen molar-refractivity contribution in [1.82, 2.24) is 20.4 Å². The van der Waals surface area contributed by atoms with Gasteiger partial charge in [0.05, 0.1) is 6.54 Å². The lowest BCUT2D eigenvalue weighted by atomic mass is 10.4. The summed E-state index contributed by atoms with van der Waals surface area (Å²) in [5, 5.41) is 8.29. The molecule has 0 fully saturated rings. The first kappa shape index (κ1) is 14.1. The van der Waals surface area contributed by atoms with Crippen LogP contribution in [-0.2, 0) is 12.7 Å². The third-order valence-electron chi connectivity index (χ3n) is 1.96. The van der Waals surface area contributed by atoms with Crippen LogP contribution >= 0.6 is 0 Å². The standard InChI is InChI=1S/C10H13F3N4O/c1-2-4-14-9(18)15-5-7-17-6-3-8(16-17)10(11,12)13/h2-3,6H,1,4-5,7H2,(H2,14,15,18). The third kappa shape index (κ3) is 4.48. The van der Waals surface area contributed by atoms with E-state index in [2.05, 4.69) is 22.3 Å². The Labute approximate surface area is 102 Å². The van der Waals surface area contributed by atoms with Crippen molar-refractivity contribution in [3.8, 4) is 0 Å². The van der Waals surface area contributed by atoms with Gasteiger partial charge in [-0.2, -0.15) is 18.3 Å². The van der Waals surface area contributed by atoms with Crippen LogP contribution in [0.3, 0.4) is 0 Å². The molecule has 18 heavy (non-hydrogen) atoms. The van der Waals surface area contributed by atoms with Crippen LogP contribution in [0.15, 0.2) is 24.9 Å². The first-order valence-electron chi connectivity index (χ1n) is 5.16. The Bertz CT molecular complexity index is 414. The number of halogens is 3. The van der Waals surface area contributed by atoms with Gasteiger partial charge in [0, 0.05) is 19.3 Å². The highest BCUT2D eigenvalue weighted by Crippen LogP contribution is 2.26. The lowest BCUT2D eigenvalue weighted by Crippen LogP contribution is -2.37. The fourth-order valence-electron chi connectivity index (χ4n) is 1.15. The van der Waals surface area contributed by atoms with Crippen molar-refractivity contribution >= 4 is 6.03 Å². The summed E-state index contributed by atoms with van der Waals surface area (Å²) in [6, 6.07) is 0.482. The number of alkyl halides is 3. The Balaban J connectivity index is 2.34. The van der Waals surface area contributed by atoms with Crippen LogP contribution < -0.4 is 10.6 Å². The number of nitrogens with zero attached hydrogens (tertiary/aromatic N) is 2. The summed E-state index contributed by atoms with van der Waals surface area (Å²) < 4.78 is 37.8. The van der Waals surface area contributed by atoms with Gasteiger partial charge in [-0.15, -0.1) is 6.58 Å². The second-order valence-corrected chi connectivity index (χ2v) is 3.39. The average Bonchev–Trinajstić information content (AvgIpc) is 2.74. The molecule has 0 saturated carbocycles. The molecule has 0 unspecified atom stereocenters. The van der Waals surface area contributed by atoms with E-state index in [0.717, 1.165) is 10.7 Å². The van der Waals surface area contributed by atoms with E-state index >= 15 is 0 Å². The molecule has 0 bridgehead atoms. The van der Waals surface area contributed by atoms with Crippen LogP contribution in [0.2, 0.25) is 0 Å². The summed E-state index contributed by atoms with van der Waals surface area (Å²) in [7, 11) is 0. The Kier molecular flexibility index (Phi) is 4.75. The Morgan fingerprint density at radius 1 is 1.50 bits per heavy atom. The van der Waals surface area contributed by atoms with E-state index in [0.29, 0.717) is 6.54 Å². The molecule has 1 aromatic rings. The van der Waals surface area contributed by atoms with Crippen molar-refractivity contribution in [2.45, 2.75) is 12.7 Å². The predicted octanol–water partition coefficient (Wildman–Crippen LogP) is 1.39. The van der Waals surface area contributed by atoms with Crippen molar-refractivity contribution in [1.29, 1.82) is 0 Å². The normalized spacial score (nSPS) is 11.1. The maximum absolute atomic E-state index is 12.2. The molecule has 0 saturated heterocycles. The number of carbonyl (C=O) groups excluding carboxylic acids is 1. The SMILES string of the molecule is C=CCNC(=O)NCCn1ccc(C(F)(F)F)n1. The Morgan fingerprint density at radius 2 is 2.22 bits per heavy atom. The largest absolute Gasteiger partial charge is 0.435 e. The minimum atomic E-state index is -4.44. The molecule has 8 heteroatoms. The summed E-state index contributed by atoms with van der Waals surface area (Å²) in [5.41, 5.74) is -0.946. The van der Waals surface area contributed by atoms with E-state index in [-0.39, 0.29) is 13.1 Å². The van der Waals surface area contributed by atoms with Gasteiger partial charge in [-0.3, -0.25) is 4.68 Å². The summed E-state index contributed by atoms with van der Waals surface area (Å²) >= 11 is 0. The minimum absolute atomic E-state index is 0.164. The molecular formula is C10H13F3N4O. The fourth-order valence-corrected chi connectivity index (χ4v) is 1.15. The van der Waals surface area contributed by atoms with Crippen LogP contribution in [0.4, 0.5) is 18.0 Å². The molecule has 1 aromatic heterocycles. The highest BCUT2D eigenvalue weighted by atomic mass is 19.4. The molecule has 100 valence electrons. The molecular weight excluding hydrogens is 249 g/mol. The first-order chi connectivity index (χ1) is 8.43. The number of urea groups is 1. The lowest BCUT2D eigenvalue weighted by Gasteiger charge is -2.06. The number of aromatic nitrogens is 2. The minimum Gasteiger partial charge on any atom is -0.336 e. The summed E-state index contributed by atoms with van der Waals surface area (Å²) in [6.07, 6.45) is -1.71. The molecule has 0 aliphatic heterocycles. The number of hydrogen-bond donors (Lipinski definition) is 2. The molecule has 5 nitrogen and oxygen atoms in total.